The van der Waals surface area contributed by atoms with Gasteiger partial charge >= 0.3 is 0 Å². The molecule has 0 fully saturated rings. The maximum Gasteiger partial charge on any atom is 0.240 e. The van der Waals surface area contributed by atoms with Gasteiger partial charge in [-0.3, -0.25) is 4.68 Å². The van der Waals surface area contributed by atoms with Gasteiger partial charge in [-0.1, -0.05) is 6.07 Å². The van der Waals surface area contributed by atoms with Crippen molar-refractivity contribution in [2.24, 2.45) is 7.05 Å². The van der Waals surface area contributed by atoms with Crippen LogP contribution >= 0.6 is 0 Å². The number of hydrogen-bond donors (Lipinski definition) is 2. The van der Waals surface area contributed by atoms with Gasteiger partial charge in [0.2, 0.25) is 10.0 Å². The van der Waals surface area contributed by atoms with E-state index in [4.69, 9.17) is 0 Å². The molecule has 1 aromatic heterocycles. The maximum atomic E-state index is 11.9. The molecule has 0 unspecified atom stereocenters. The number of benzene rings is 1. The van der Waals surface area contributed by atoms with E-state index in [0.717, 1.165) is 11.3 Å². The molecule has 20 heavy (non-hydrogen) atoms. The molecule has 0 radical (unpaired) electrons. The van der Waals surface area contributed by atoms with Crippen LogP contribution in [0.2, 0.25) is 0 Å². The predicted octanol–water partition coefficient (Wildman–Crippen LogP) is 1.25. The molecular formula is C13H18N4O2S. The largest absolute Gasteiger partial charge is 0.381 e. The number of aryl methyl sites for hydroxylation is 2. The molecule has 2 N–H and O–H groups in total. The van der Waals surface area contributed by atoms with Crippen LogP contribution in [0.5, 0.6) is 0 Å². The Morgan fingerprint density at radius 3 is 2.70 bits per heavy atom. The Bertz CT molecular complexity index is 707. The SMILES string of the molecule is CNS(=O)(=O)c1cc(NCc2cnn(C)c2)ccc1C. The fourth-order valence-electron chi connectivity index (χ4n) is 1.88. The number of rotatable bonds is 5. The van der Waals surface area contributed by atoms with Gasteiger partial charge in [0.1, 0.15) is 0 Å². The van der Waals surface area contributed by atoms with Crippen molar-refractivity contribution in [2.75, 3.05) is 12.4 Å². The highest BCUT2D eigenvalue weighted by Crippen LogP contribution is 2.20. The van der Waals surface area contributed by atoms with Crippen molar-refractivity contribution in [3.05, 3.63) is 41.7 Å². The predicted molar refractivity (Wildman–Crippen MR) is 78.0 cm³/mol. The van der Waals surface area contributed by atoms with Crippen molar-refractivity contribution in [1.29, 1.82) is 0 Å². The molecule has 0 bridgehead atoms. The first-order chi connectivity index (χ1) is 9.42. The van der Waals surface area contributed by atoms with Gasteiger partial charge in [0, 0.05) is 31.0 Å². The van der Waals surface area contributed by atoms with Gasteiger partial charge in [-0.15, -0.1) is 0 Å². The van der Waals surface area contributed by atoms with Crippen LogP contribution < -0.4 is 10.0 Å². The lowest BCUT2D eigenvalue weighted by molar-refractivity contribution is 0.587. The summed E-state index contributed by atoms with van der Waals surface area (Å²) in [6.07, 6.45) is 3.68. The summed E-state index contributed by atoms with van der Waals surface area (Å²) in [6, 6.07) is 5.29. The molecule has 0 aliphatic rings. The standard InChI is InChI=1S/C13H18N4O2S/c1-10-4-5-12(6-13(10)20(18,19)14-2)15-7-11-8-16-17(3)9-11/h4-6,8-9,14-15H,7H2,1-3H3. The second-order valence-corrected chi connectivity index (χ2v) is 6.42. The third-order valence-electron chi connectivity index (χ3n) is 3.00. The minimum atomic E-state index is -3.44. The molecule has 0 amide bonds. The van der Waals surface area contributed by atoms with Crippen molar-refractivity contribution in [3.8, 4) is 0 Å². The van der Waals surface area contributed by atoms with Gasteiger partial charge in [-0.05, 0) is 31.7 Å². The molecule has 1 heterocycles. The minimum absolute atomic E-state index is 0.288. The molecule has 0 atom stereocenters. The van der Waals surface area contributed by atoms with Crippen molar-refractivity contribution in [1.82, 2.24) is 14.5 Å². The lowest BCUT2D eigenvalue weighted by atomic mass is 10.2. The Hall–Kier alpha value is -1.86. The first-order valence-corrected chi connectivity index (χ1v) is 7.66. The Morgan fingerprint density at radius 2 is 2.10 bits per heavy atom. The van der Waals surface area contributed by atoms with Gasteiger partial charge in [0.25, 0.3) is 0 Å². The van der Waals surface area contributed by atoms with Gasteiger partial charge < -0.3 is 5.32 Å². The van der Waals surface area contributed by atoms with Crippen LogP contribution in [0.1, 0.15) is 11.1 Å². The molecule has 0 aliphatic heterocycles. The van der Waals surface area contributed by atoms with Crippen LogP contribution in [0.25, 0.3) is 0 Å². The van der Waals surface area contributed by atoms with Crippen LogP contribution in [-0.4, -0.2) is 25.2 Å². The highest BCUT2D eigenvalue weighted by molar-refractivity contribution is 7.89. The van der Waals surface area contributed by atoms with E-state index in [1.165, 1.54) is 7.05 Å². The molecule has 6 nitrogen and oxygen atoms in total. The summed E-state index contributed by atoms with van der Waals surface area (Å²) in [5, 5.41) is 7.28. The van der Waals surface area contributed by atoms with E-state index in [2.05, 4.69) is 15.1 Å². The fourth-order valence-corrected chi connectivity index (χ4v) is 2.87. The summed E-state index contributed by atoms with van der Waals surface area (Å²) >= 11 is 0. The summed E-state index contributed by atoms with van der Waals surface area (Å²) in [5.74, 6) is 0. The molecule has 0 saturated heterocycles. The van der Waals surface area contributed by atoms with E-state index >= 15 is 0 Å². The molecule has 0 spiro atoms. The van der Waals surface area contributed by atoms with Gasteiger partial charge in [0.15, 0.2) is 0 Å². The molecule has 2 aromatic rings. The fraction of sp³-hybridized carbons (Fsp3) is 0.308. The van der Waals surface area contributed by atoms with Gasteiger partial charge in [0.05, 0.1) is 11.1 Å². The summed E-state index contributed by atoms with van der Waals surface area (Å²) in [7, 11) is -0.175. The van der Waals surface area contributed by atoms with E-state index in [-0.39, 0.29) is 4.90 Å². The molecular weight excluding hydrogens is 276 g/mol. The lowest BCUT2D eigenvalue weighted by Crippen LogP contribution is -2.19. The maximum absolute atomic E-state index is 11.9. The summed E-state index contributed by atoms with van der Waals surface area (Å²) in [4.78, 5) is 0.288. The van der Waals surface area contributed by atoms with Crippen LogP contribution in [-0.2, 0) is 23.6 Å². The number of anilines is 1. The quantitative estimate of drug-likeness (QED) is 0.870. The number of sulfonamides is 1. The normalized spacial score (nSPS) is 11.6. The average Bonchev–Trinajstić information content (AvgIpc) is 2.83. The second kappa shape index (κ2) is 5.64. The van der Waals surface area contributed by atoms with E-state index in [1.807, 2.05) is 19.3 Å². The third kappa shape index (κ3) is 3.17. The zero-order valence-corrected chi connectivity index (χ0v) is 12.5. The van der Waals surface area contributed by atoms with Crippen molar-refractivity contribution in [2.45, 2.75) is 18.4 Å². The number of nitrogens with zero attached hydrogens (tertiary/aromatic N) is 2. The Balaban J connectivity index is 2.19. The van der Waals surface area contributed by atoms with Gasteiger partial charge in [-0.2, -0.15) is 5.10 Å². The first kappa shape index (κ1) is 14.5. The molecule has 2 rings (SSSR count). The van der Waals surface area contributed by atoms with E-state index < -0.39 is 10.0 Å². The molecule has 0 saturated carbocycles. The van der Waals surface area contributed by atoms with Crippen molar-refractivity contribution < 1.29 is 8.42 Å². The summed E-state index contributed by atoms with van der Waals surface area (Å²) in [5.41, 5.74) is 2.51. The summed E-state index contributed by atoms with van der Waals surface area (Å²) < 4.78 is 27.9. The average molecular weight is 294 g/mol. The highest BCUT2D eigenvalue weighted by Gasteiger charge is 2.14. The van der Waals surface area contributed by atoms with E-state index in [0.29, 0.717) is 12.1 Å². The number of nitrogens with one attached hydrogen (secondary N) is 2. The van der Waals surface area contributed by atoms with Crippen LogP contribution in [0, 0.1) is 6.92 Å². The molecule has 108 valence electrons. The first-order valence-electron chi connectivity index (χ1n) is 6.18. The van der Waals surface area contributed by atoms with E-state index in [9.17, 15) is 8.42 Å². The summed E-state index contributed by atoms with van der Waals surface area (Å²) in [6.45, 7) is 2.37. The Morgan fingerprint density at radius 1 is 1.35 bits per heavy atom. The van der Waals surface area contributed by atoms with Crippen LogP contribution in [0.15, 0.2) is 35.5 Å². The minimum Gasteiger partial charge on any atom is -0.381 e. The zero-order valence-electron chi connectivity index (χ0n) is 11.7. The molecule has 0 aliphatic carbocycles. The number of hydrogen-bond acceptors (Lipinski definition) is 4. The molecule has 7 heteroatoms. The topological polar surface area (TPSA) is 76.0 Å². The highest BCUT2D eigenvalue weighted by atomic mass is 32.2. The second-order valence-electron chi connectivity index (χ2n) is 4.56. The van der Waals surface area contributed by atoms with E-state index in [1.54, 1.807) is 29.9 Å². The van der Waals surface area contributed by atoms with Crippen molar-refractivity contribution >= 4 is 15.7 Å². The zero-order chi connectivity index (χ0) is 14.8. The van der Waals surface area contributed by atoms with Gasteiger partial charge in [-0.25, -0.2) is 13.1 Å². The Kier molecular flexibility index (Phi) is 4.10. The lowest BCUT2D eigenvalue weighted by Gasteiger charge is -2.10. The monoisotopic (exact) mass is 294 g/mol. The van der Waals surface area contributed by atoms with Crippen LogP contribution in [0.3, 0.4) is 0 Å². The smallest absolute Gasteiger partial charge is 0.240 e. The van der Waals surface area contributed by atoms with Crippen LogP contribution in [0.4, 0.5) is 5.69 Å². The number of aromatic nitrogens is 2. The Labute approximate surface area is 118 Å². The van der Waals surface area contributed by atoms with Crippen molar-refractivity contribution in [3.63, 3.8) is 0 Å². The third-order valence-corrected chi connectivity index (χ3v) is 4.56. The molecule has 1 aromatic carbocycles.